The van der Waals surface area contributed by atoms with E-state index < -0.39 is 0 Å². The largest absolute Gasteiger partial charge is 0.399 e. The second kappa shape index (κ2) is 5.89. The lowest BCUT2D eigenvalue weighted by molar-refractivity contribution is 0.304. The summed E-state index contributed by atoms with van der Waals surface area (Å²) in [5.74, 6) is 1.49. The Morgan fingerprint density at radius 1 is 1.12 bits per heavy atom. The predicted octanol–water partition coefficient (Wildman–Crippen LogP) is 3.75. The third-order valence-corrected chi connectivity index (χ3v) is 3.17. The third kappa shape index (κ3) is 4.25. The molecule has 1 rings (SSSR count). The van der Waals surface area contributed by atoms with Crippen molar-refractivity contribution >= 4 is 11.4 Å². The zero-order chi connectivity index (χ0) is 13.0. The Morgan fingerprint density at radius 3 is 2.18 bits per heavy atom. The molecule has 17 heavy (non-hydrogen) atoms. The van der Waals surface area contributed by atoms with Gasteiger partial charge in [-0.2, -0.15) is 0 Å². The highest BCUT2D eigenvalue weighted by atomic mass is 19.1. The number of hydrogen-bond donors (Lipinski definition) is 2. The number of rotatable bonds is 5. The summed E-state index contributed by atoms with van der Waals surface area (Å²) in [6.07, 6.45) is 0. The zero-order valence-corrected chi connectivity index (χ0v) is 11.1. The van der Waals surface area contributed by atoms with Gasteiger partial charge in [-0.1, -0.05) is 27.7 Å². The Kier molecular flexibility index (Phi) is 4.79. The van der Waals surface area contributed by atoms with Gasteiger partial charge in [0.1, 0.15) is 5.82 Å². The van der Waals surface area contributed by atoms with Gasteiger partial charge in [0.15, 0.2) is 0 Å². The van der Waals surface area contributed by atoms with Crippen LogP contribution in [-0.2, 0) is 0 Å². The average molecular weight is 238 g/mol. The van der Waals surface area contributed by atoms with Crippen LogP contribution in [0, 0.1) is 23.6 Å². The Labute approximate surface area is 103 Å². The van der Waals surface area contributed by atoms with E-state index in [-0.39, 0.29) is 5.82 Å². The van der Waals surface area contributed by atoms with Gasteiger partial charge in [-0.25, -0.2) is 4.39 Å². The summed E-state index contributed by atoms with van der Waals surface area (Å²) in [5, 5.41) is 3.27. The van der Waals surface area contributed by atoms with Crippen LogP contribution in [0.5, 0.6) is 0 Å². The van der Waals surface area contributed by atoms with Crippen LogP contribution in [0.1, 0.15) is 27.7 Å². The summed E-state index contributed by atoms with van der Waals surface area (Å²) in [6, 6.07) is 4.57. The predicted molar refractivity (Wildman–Crippen MR) is 72.5 cm³/mol. The molecule has 0 aromatic heterocycles. The SMILES string of the molecule is CC(C)C(CNc1cc(N)cc(F)c1)C(C)C. The van der Waals surface area contributed by atoms with Crippen LogP contribution in [0.3, 0.4) is 0 Å². The summed E-state index contributed by atoms with van der Waals surface area (Å²) in [7, 11) is 0. The van der Waals surface area contributed by atoms with Crippen molar-refractivity contribution in [2.75, 3.05) is 17.6 Å². The lowest BCUT2D eigenvalue weighted by Gasteiger charge is -2.25. The number of hydrogen-bond acceptors (Lipinski definition) is 2. The maximum absolute atomic E-state index is 13.1. The minimum absolute atomic E-state index is 0.293. The van der Waals surface area contributed by atoms with Gasteiger partial charge < -0.3 is 11.1 Å². The van der Waals surface area contributed by atoms with Crippen molar-refractivity contribution in [1.29, 1.82) is 0 Å². The molecule has 0 aliphatic heterocycles. The first-order valence-electron chi connectivity index (χ1n) is 6.20. The van der Waals surface area contributed by atoms with Crippen molar-refractivity contribution in [2.24, 2.45) is 17.8 Å². The number of benzene rings is 1. The first-order chi connectivity index (χ1) is 7.90. The molecule has 0 fully saturated rings. The molecule has 0 atom stereocenters. The molecule has 0 bridgehead atoms. The first kappa shape index (κ1) is 13.8. The first-order valence-corrected chi connectivity index (χ1v) is 6.20. The van der Waals surface area contributed by atoms with Crippen LogP contribution in [-0.4, -0.2) is 6.54 Å². The minimum Gasteiger partial charge on any atom is -0.399 e. The highest BCUT2D eigenvalue weighted by Gasteiger charge is 2.17. The Morgan fingerprint density at radius 2 is 1.71 bits per heavy atom. The fourth-order valence-corrected chi connectivity index (χ4v) is 2.19. The smallest absolute Gasteiger partial charge is 0.127 e. The van der Waals surface area contributed by atoms with E-state index in [1.165, 1.54) is 12.1 Å². The van der Waals surface area contributed by atoms with Crippen LogP contribution >= 0.6 is 0 Å². The number of nitrogen functional groups attached to an aromatic ring is 1. The number of halogens is 1. The van der Waals surface area contributed by atoms with E-state index >= 15 is 0 Å². The highest BCUT2D eigenvalue weighted by Crippen LogP contribution is 2.22. The normalized spacial score (nSPS) is 11.5. The molecule has 0 spiro atoms. The van der Waals surface area contributed by atoms with Crippen molar-refractivity contribution in [3.05, 3.63) is 24.0 Å². The van der Waals surface area contributed by atoms with Crippen LogP contribution in [0.25, 0.3) is 0 Å². The number of anilines is 2. The molecule has 3 heteroatoms. The number of nitrogens with one attached hydrogen (secondary N) is 1. The summed E-state index contributed by atoms with van der Waals surface area (Å²) < 4.78 is 13.1. The summed E-state index contributed by atoms with van der Waals surface area (Å²) in [5.41, 5.74) is 6.82. The third-order valence-electron chi connectivity index (χ3n) is 3.17. The molecule has 0 unspecified atom stereocenters. The minimum atomic E-state index is -0.293. The van der Waals surface area contributed by atoms with Gasteiger partial charge in [0.25, 0.3) is 0 Å². The zero-order valence-electron chi connectivity index (χ0n) is 11.1. The molecule has 96 valence electrons. The van der Waals surface area contributed by atoms with E-state index in [0.717, 1.165) is 12.2 Å². The van der Waals surface area contributed by atoms with E-state index in [2.05, 4.69) is 33.0 Å². The van der Waals surface area contributed by atoms with Gasteiger partial charge >= 0.3 is 0 Å². The van der Waals surface area contributed by atoms with Crippen molar-refractivity contribution in [3.8, 4) is 0 Å². The summed E-state index contributed by atoms with van der Waals surface area (Å²) in [6.45, 7) is 9.70. The molecule has 3 N–H and O–H groups in total. The molecule has 1 aromatic carbocycles. The van der Waals surface area contributed by atoms with Gasteiger partial charge in [0, 0.05) is 17.9 Å². The van der Waals surface area contributed by atoms with Gasteiger partial charge in [-0.15, -0.1) is 0 Å². The average Bonchev–Trinajstić information content (AvgIpc) is 2.14. The van der Waals surface area contributed by atoms with Crippen molar-refractivity contribution < 1.29 is 4.39 Å². The Balaban J connectivity index is 2.65. The van der Waals surface area contributed by atoms with Crippen LogP contribution in [0.4, 0.5) is 15.8 Å². The monoisotopic (exact) mass is 238 g/mol. The molecule has 0 amide bonds. The summed E-state index contributed by atoms with van der Waals surface area (Å²) >= 11 is 0. The maximum atomic E-state index is 13.1. The molecule has 1 aromatic rings. The highest BCUT2D eigenvalue weighted by molar-refractivity contribution is 5.54. The van der Waals surface area contributed by atoms with E-state index in [1.807, 2.05) is 0 Å². The standard InChI is InChI=1S/C14H23FN2/c1-9(2)14(10(3)4)8-17-13-6-11(15)5-12(16)7-13/h5-7,9-10,14,17H,8,16H2,1-4H3. The van der Waals surface area contributed by atoms with Crippen molar-refractivity contribution in [1.82, 2.24) is 0 Å². The molecule has 0 saturated carbocycles. The quantitative estimate of drug-likeness (QED) is 0.767. The van der Waals surface area contributed by atoms with Gasteiger partial charge in [-0.3, -0.25) is 0 Å². The van der Waals surface area contributed by atoms with Crippen molar-refractivity contribution in [3.63, 3.8) is 0 Å². The Hall–Kier alpha value is -1.25. The van der Waals surface area contributed by atoms with Crippen molar-refractivity contribution in [2.45, 2.75) is 27.7 Å². The van der Waals surface area contributed by atoms with E-state index in [1.54, 1.807) is 6.07 Å². The molecule has 0 radical (unpaired) electrons. The van der Waals surface area contributed by atoms with Gasteiger partial charge in [0.2, 0.25) is 0 Å². The van der Waals surface area contributed by atoms with Gasteiger partial charge in [-0.05, 0) is 36.0 Å². The topological polar surface area (TPSA) is 38.0 Å². The molecule has 0 aliphatic carbocycles. The van der Waals surface area contributed by atoms with E-state index in [0.29, 0.717) is 23.4 Å². The van der Waals surface area contributed by atoms with Crippen LogP contribution < -0.4 is 11.1 Å². The number of nitrogens with two attached hydrogens (primary N) is 1. The van der Waals surface area contributed by atoms with Crippen LogP contribution in [0.15, 0.2) is 18.2 Å². The fraction of sp³-hybridized carbons (Fsp3) is 0.571. The fourth-order valence-electron chi connectivity index (χ4n) is 2.19. The lowest BCUT2D eigenvalue weighted by atomic mass is 9.85. The Bertz CT molecular complexity index is 333. The molecular weight excluding hydrogens is 215 g/mol. The molecule has 0 heterocycles. The molecule has 0 aliphatic rings. The molecular formula is C14H23FN2. The van der Waals surface area contributed by atoms with Crippen LogP contribution in [0.2, 0.25) is 0 Å². The van der Waals surface area contributed by atoms with E-state index in [4.69, 9.17) is 5.73 Å². The molecule has 2 nitrogen and oxygen atoms in total. The van der Waals surface area contributed by atoms with Gasteiger partial charge in [0.05, 0.1) is 0 Å². The molecule has 0 saturated heterocycles. The lowest BCUT2D eigenvalue weighted by Crippen LogP contribution is -2.24. The second-order valence-electron chi connectivity index (χ2n) is 5.31. The second-order valence-corrected chi connectivity index (χ2v) is 5.31. The maximum Gasteiger partial charge on any atom is 0.127 e. The summed E-state index contributed by atoms with van der Waals surface area (Å²) in [4.78, 5) is 0. The van der Waals surface area contributed by atoms with E-state index in [9.17, 15) is 4.39 Å².